The Morgan fingerprint density at radius 1 is 0.966 bits per heavy atom. The Kier molecular flexibility index (Phi) is 6.60. The average Bonchev–Trinajstić information content (AvgIpc) is 2.73. The number of likely N-dealkylation sites (tertiary alicyclic amines) is 1. The Labute approximate surface area is 173 Å². The normalized spacial score (nSPS) is 21.4. The third-order valence-corrected chi connectivity index (χ3v) is 7.75. The van der Waals surface area contributed by atoms with Gasteiger partial charge in [-0.15, -0.1) is 0 Å². The van der Waals surface area contributed by atoms with Gasteiger partial charge in [0.1, 0.15) is 0 Å². The highest BCUT2D eigenvalue weighted by Crippen LogP contribution is 2.21. The minimum Gasteiger partial charge on any atom is -0.340 e. The molecule has 0 aliphatic carbocycles. The molecule has 2 heterocycles. The van der Waals surface area contributed by atoms with E-state index >= 15 is 0 Å². The molecule has 0 radical (unpaired) electrons. The van der Waals surface area contributed by atoms with Crippen molar-refractivity contribution < 1.29 is 18.0 Å². The average molecular weight is 423 g/mol. The van der Waals surface area contributed by atoms with E-state index in [1.807, 2.05) is 19.0 Å². The second-order valence-electron chi connectivity index (χ2n) is 7.95. The number of likely N-dealkylation sites (N-methyl/N-ethyl adjacent to an activating group) is 1. The van der Waals surface area contributed by atoms with E-state index < -0.39 is 10.0 Å². The molecule has 0 saturated carbocycles. The van der Waals surface area contributed by atoms with Crippen LogP contribution in [-0.2, 0) is 14.8 Å². The molecular weight excluding hydrogens is 392 g/mol. The van der Waals surface area contributed by atoms with Crippen molar-refractivity contribution in [1.82, 2.24) is 19.0 Å². The van der Waals surface area contributed by atoms with Crippen LogP contribution in [-0.4, -0.2) is 98.6 Å². The molecule has 2 aliphatic rings. The highest BCUT2D eigenvalue weighted by molar-refractivity contribution is 7.89. The molecule has 1 aromatic rings. The van der Waals surface area contributed by atoms with Crippen LogP contribution in [0.5, 0.6) is 0 Å². The molecule has 2 amide bonds. The fraction of sp³-hybridized carbons (Fsp3) is 0.600. The maximum atomic E-state index is 12.9. The van der Waals surface area contributed by atoms with Crippen LogP contribution in [0.2, 0.25) is 0 Å². The van der Waals surface area contributed by atoms with Gasteiger partial charge in [-0.2, -0.15) is 4.31 Å². The lowest BCUT2D eigenvalue weighted by Gasteiger charge is -2.36. The van der Waals surface area contributed by atoms with E-state index in [0.717, 1.165) is 19.4 Å². The van der Waals surface area contributed by atoms with E-state index in [4.69, 9.17) is 0 Å². The Balaban J connectivity index is 1.68. The van der Waals surface area contributed by atoms with Crippen molar-refractivity contribution in [1.29, 1.82) is 0 Å². The number of carbonyl (C=O) groups excluding carboxylic acids is 2. The first kappa shape index (κ1) is 21.7. The van der Waals surface area contributed by atoms with Gasteiger partial charge in [-0.3, -0.25) is 9.59 Å². The van der Waals surface area contributed by atoms with Crippen molar-refractivity contribution in [3.05, 3.63) is 29.8 Å². The monoisotopic (exact) mass is 422 g/mol. The molecule has 29 heavy (non-hydrogen) atoms. The predicted molar refractivity (Wildman–Crippen MR) is 110 cm³/mol. The van der Waals surface area contributed by atoms with Gasteiger partial charge in [0.2, 0.25) is 15.9 Å². The maximum Gasteiger partial charge on any atom is 0.253 e. The summed E-state index contributed by atoms with van der Waals surface area (Å²) in [4.78, 5) is 30.1. The zero-order valence-electron chi connectivity index (χ0n) is 17.4. The maximum absolute atomic E-state index is 12.9. The van der Waals surface area contributed by atoms with Gasteiger partial charge in [0.15, 0.2) is 0 Å². The van der Waals surface area contributed by atoms with Crippen molar-refractivity contribution >= 4 is 21.8 Å². The van der Waals surface area contributed by atoms with E-state index in [-0.39, 0.29) is 29.8 Å². The van der Waals surface area contributed by atoms with Crippen LogP contribution >= 0.6 is 0 Å². The van der Waals surface area contributed by atoms with E-state index in [1.165, 1.54) is 23.4 Å². The molecule has 9 heteroatoms. The Morgan fingerprint density at radius 2 is 1.59 bits per heavy atom. The van der Waals surface area contributed by atoms with Crippen molar-refractivity contribution in [2.75, 3.05) is 53.4 Å². The number of nitrogens with zero attached hydrogens (tertiary/aromatic N) is 4. The summed E-state index contributed by atoms with van der Waals surface area (Å²) >= 11 is 0. The van der Waals surface area contributed by atoms with Crippen molar-refractivity contribution in [3.63, 3.8) is 0 Å². The van der Waals surface area contributed by atoms with Gasteiger partial charge in [-0.1, -0.05) is 0 Å². The number of hydrogen-bond donors (Lipinski definition) is 0. The van der Waals surface area contributed by atoms with E-state index in [0.29, 0.717) is 31.2 Å². The summed E-state index contributed by atoms with van der Waals surface area (Å²) in [6.07, 6.45) is 2.04. The van der Waals surface area contributed by atoms with E-state index in [9.17, 15) is 18.0 Å². The van der Waals surface area contributed by atoms with Crippen molar-refractivity contribution in [2.45, 2.75) is 30.7 Å². The summed E-state index contributed by atoms with van der Waals surface area (Å²) in [5.41, 5.74) is 0.504. The third kappa shape index (κ3) is 4.79. The summed E-state index contributed by atoms with van der Waals surface area (Å²) in [5, 5.41) is 0. The molecule has 1 atom stereocenters. The molecule has 0 N–H and O–H groups in total. The second-order valence-corrected chi connectivity index (χ2v) is 9.88. The summed E-state index contributed by atoms with van der Waals surface area (Å²) in [6.45, 7) is 4.25. The molecule has 0 aromatic heterocycles. The fourth-order valence-electron chi connectivity index (χ4n) is 3.91. The zero-order valence-corrected chi connectivity index (χ0v) is 18.2. The molecule has 3 rings (SSSR count). The Morgan fingerprint density at radius 3 is 2.14 bits per heavy atom. The van der Waals surface area contributed by atoms with Gasteiger partial charge in [-0.05, 0) is 51.2 Å². The van der Waals surface area contributed by atoms with Crippen LogP contribution in [0.25, 0.3) is 0 Å². The number of benzene rings is 1. The second kappa shape index (κ2) is 8.81. The molecular formula is C20H30N4O4S. The first-order chi connectivity index (χ1) is 13.7. The molecule has 0 bridgehead atoms. The van der Waals surface area contributed by atoms with Crippen LogP contribution in [0.4, 0.5) is 0 Å². The largest absolute Gasteiger partial charge is 0.340 e. The SMILES string of the molecule is CC(=O)N1CCN(S(=O)(=O)c2ccc(C(=O)N3CCCC(N(C)C)C3)cc2)CC1. The minimum atomic E-state index is -3.63. The van der Waals surface area contributed by atoms with E-state index in [1.54, 1.807) is 17.0 Å². The number of piperazine rings is 1. The van der Waals surface area contributed by atoms with Gasteiger partial charge >= 0.3 is 0 Å². The lowest BCUT2D eigenvalue weighted by molar-refractivity contribution is -0.129. The molecule has 160 valence electrons. The molecule has 1 unspecified atom stereocenters. The molecule has 2 fully saturated rings. The van der Waals surface area contributed by atoms with Gasteiger partial charge < -0.3 is 14.7 Å². The number of carbonyl (C=O) groups is 2. The molecule has 2 saturated heterocycles. The molecule has 0 spiro atoms. The van der Waals surface area contributed by atoms with Crippen LogP contribution in [0.3, 0.4) is 0 Å². The first-order valence-electron chi connectivity index (χ1n) is 10.0. The van der Waals surface area contributed by atoms with Crippen LogP contribution in [0.1, 0.15) is 30.1 Å². The van der Waals surface area contributed by atoms with Gasteiger partial charge in [0, 0.05) is 57.8 Å². The third-order valence-electron chi connectivity index (χ3n) is 5.84. The predicted octanol–water partition coefficient (Wildman–Crippen LogP) is 0.706. The zero-order chi connectivity index (χ0) is 21.2. The molecule has 1 aromatic carbocycles. The Hall–Kier alpha value is -1.97. The van der Waals surface area contributed by atoms with E-state index in [2.05, 4.69) is 4.90 Å². The Bertz CT molecular complexity index is 846. The van der Waals surface area contributed by atoms with Crippen LogP contribution in [0, 0.1) is 0 Å². The van der Waals surface area contributed by atoms with Crippen molar-refractivity contribution in [3.8, 4) is 0 Å². The smallest absolute Gasteiger partial charge is 0.253 e. The summed E-state index contributed by atoms with van der Waals surface area (Å²) in [7, 11) is 0.410. The summed E-state index contributed by atoms with van der Waals surface area (Å²) < 4.78 is 27.2. The quantitative estimate of drug-likeness (QED) is 0.714. The molecule has 2 aliphatic heterocycles. The number of amides is 2. The van der Waals surface area contributed by atoms with Crippen LogP contribution < -0.4 is 0 Å². The van der Waals surface area contributed by atoms with Gasteiger partial charge in [-0.25, -0.2) is 8.42 Å². The van der Waals surface area contributed by atoms with Crippen molar-refractivity contribution in [2.24, 2.45) is 0 Å². The van der Waals surface area contributed by atoms with Crippen LogP contribution in [0.15, 0.2) is 29.2 Å². The number of rotatable bonds is 4. The highest BCUT2D eigenvalue weighted by atomic mass is 32.2. The standard InChI is InChI=1S/C20H30N4O4S/c1-16(25)22-11-13-24(14-12-22)29(27,28)19-8-6-17(7-9-19)20(26)23-10-4-5-18(15-23)21(2)3/h6-9,18H,4-5,10-15H2,1-3H3. The lowest BCUT2D eigenvalue weighted by Crippen LogP contribution is -2.49. The minimum absolute atomic E-state index is 0.0425. The number of piperidine rings is 1. The van der Waals surface area contributed by atoms with Gasteiger partial charge in [0.05, 0.1) is 4.90 Å². The summed E-state index contributed by atoms with van der Waals surface area (Å²) in [5.74, 6) is -0.102. The topological polar surface area (TPSA) is 81.2 Å². The number of sulfonamides is 1. The highest BCUT2D eigenvalue weighted by Gasteiger charge is 2.30. The fourth-order valence-corrected chi connectivity index (χ4v) is 5.33. The lowest BCUT2D eigenvalue weighted by atomic mass is 10.0. The number of hydrogen-bond acceptors (Lipinski definition) is 5. The molecule has 8 nitrogen and oxygen atoms in total. The first-order valence-corrected chi connectivity index (χ1v) is 11.5. The van der Waals surface area contributed by atoms with Gasteiger partial charge in [0.25, 0.3) is 5.91 Å². The summed E-state index contributed by atoms with van der Waals surface area (Å²) in [6, 6.07) is 6.56.